The summed E-state index contributed by atoms with van der Waals surface area (Å²) in [6.07, 6.45) is 0.409. The summed E-state index contributed by atoms with van der Waals surface area (Å²) >= 11 is 5.94. The quantitative estimate of drug-likeness (QED) is 0.750. The van der Waals surface area contributed by atoms with E-state index in [1.165, 1.54) is 0 Å². The molecular weight excluding hydrogens is 332 g/mol. The first kappa shape index (κ1) is 16.6. The highest BCUT2D eigenvalue weighted by Crippen LogP contribution is 2.23. The summed E-state index contributed by atoms with van der Waals surface area (Å²) in [5, 5.41) is 8.76. The van der Waals surface area contributed by atoms with Crippen LogP contribution in [-0.4, -0.2) is 47.4 Å². The predicted octanol–water partition coefficient (Wildman–Crippen LogP) is 1.26. The number of hydrogen-bond acceptors (Lipinski definition) is 3. The van der Waals surface area contributed by atoms with Gasteiger partial charge in [0.25, 0.3) is 0 Å². The summed E-state index contributed by atoms with van der Waals surface area (Å²) in [4.78, 5) is 37.8. The molecule has 128 valence electrons. The maximum Gasteiger partial charge on any atom is 0.319 e. The number of rotatable bonds is 2. The summed E-state index contributed by atoms with van der Waals surface area (Å²) in [6.45, 7) is 3.86. The Morgan fingerprint density at radius 1 is 1.38 bits per heavy atom. The molecule has 2 aliphatic heterocycles. The molecule has 3 atom stereocenters. The summed E-state index contributed by atoms with van der Waals surface area (Å²) in [5.41, 5.74) is 1.51. The van der Waals surface area contributed by atoms with Gasteiger partial charge in [0.05, 0.1) is 6.04 Å². The monoisotopic (exact) mass is 350 g/mol. The van der Waals surface area contributed by atoms with Crippen molar-refractivity contribution in [3.63, 3.8) is 0 Å². The van der Waals surface area contributed by atoms with E-state index in [-0.39, 0.29) is 23.9 Å². The maximum absolute atomic E-state index is 12.2. The van der Waals surface area contributed by atoms with Gasteiger partial charge in [-0.2, -0.15) is 0 Å². The van der Waals surface area contributed by atoms with Crippen molar-refractivity contribution < 1.29 is 14.4 Å². The standard InChI is InChI=1S/C16H19ClN4O3/c1-8-3-4-10(17)5-12(8)20-16(24)19-11-6-13-14(22)18-9(2)15(23)21(13)7-11/h3-5,9,11,13H,6-7H2,1-2H3,(H,18,22)(H2,19,20,24)/t9-,11+,13+/m1/s1. The van der Waals surface area contributed by atoms with E-state index in [9.17, 15) is 14.4 Å². The third-order valence-corrected chi connectivity index (χ3v) is 4.63. The topological polar surface area (TPSA) is 90.5 Å². The molecular formula is C16H19ClN4O3. The Morgan fingerprint density at radius 3 is 2.88 bits per heavy atom. The molecule has 4 amide bonds. The fourth-order valence-electron chi connectivity index (χ4n) is 3.13. The van der Waals surface area contributed by atoms with Crippen LogP contribution in [0.15, 0.2) is 18.2 Å². The number of anilines is 1. The Kier molecular flexibility index (Phi) is 4.36. The lowest BCUT2D eigenvalue weighted by Crippen LogP contribution is -2.60. The number of amides is 4. The van der Waals surface area contributed by atoms with Gasteiger partial charge in [-0.05, 0) is 38.0 Å². The fourth-order valence-corrected chi connectivity index (χ4v) is 3.30. The second kappa shape index (κ2) is 6.32. The highest BCUT2D eigenvalue weighted by molar-refractivity contribution is 6.31. The van der Waals surface area contributed by atoms with Crippen LogP contribution in [0.3, 0.4) is 0 Å². The first-order valence-electron chi connectivity index (χ1n) is 7.79. The van der Waals surface area contributed by atoms with Gasteiger partial charge in [0.1, 0.15) is 12.1 Å². The Balaban J connectivity index is 1.63. The molecule has 2 aliphatic rings. The molecule has 0 unspecified atom stereocenters. The number of piperazine rings is 1. The van der Waals surface area contributed by atoms with Crippen LogP contribution in [0, 0.1) is 6.92 Å². The summed E-state index contributed by atoms with van der Waals surface area (Å²) in [5.74, 6) is -0.285. The second-order valence-electron chi connectivity index (χ2n) is 6.23. The zero-order valence-electron chi connectivity index (χ0n) is 13.4. The Hall–Kier alpha value is -2.28. The molecule has 0 aliphatic carbocycles. The van der Waals surface area contributed by atoms with Gasteiger partial charge in [-0.25, -0.2) is 4.79 Å². The number of hydrogen-bond donors (Lipinski definition) is 3. The number of nitrogens with one attached hydrogen (secondary N) is 3. The van der Waals surface area contributed by atoms with Crippen LogP contribution in [0.5, 0.6) is 0 Å². The van der Waals surface area contributed by atoms with Crippen molar-refractivity contribution in [3.05, 3.63) is 28.8 Å². The number of aryl methyl sites for hydroxylation is 1. The lowest BCUT2D eigenvalue weighted by molar-refractivity contribution is -0.146. The number of carbonyl (C=O) groups is 3. The van der Waals surface area contributed by atoms with Gasteiger partial charge in [0, 0.05) is 17.3 Å². The number of carbonyl (C=O) groups excluding carboxylic acids is 3. The van der Waals surface area contributed by atoms with Gasteiger partial charge in [0.2, 0.25) is 11.8 Å². The highest BCUT2D eigenvalue weighted by atomic mass is 35.5. The molecule has 0 spiro atoms. The van der Waals surface area contributed by atoms with Crippen LogP contribution >= 0.6 is 11.6 Å². The van der Waals surface area contributed by atoms with E-state index in [4.69, 9.17) is 11.6 Å². The van der Waals surface area contributed by atoms with Crippen molar-refractivity contribution in [2.24, 2.45) is 0 Å². The van der Waals surface area contributed by atoms with E-state index in [0.29, 0.717) is 23.7 Å². The minimum atomic E-state index is -0.518. The van der Waals surface area contributed by atoms with E-state index >= 15 is 0 Å². The molecule has 7 nitrogen and oxygen atoms in total. The van der Waals surface area contributed by atoms with Gasteiger partial charge in [-0.1, -0.05) is 17.7 Å². The normalized spacial score (nSPS) is 26.0. The minimum Gasteiger partial charge on any atom is -0.343 e. The van der Waals surface area contributed by atoms with Crippen molar-refractivity contribution in [3.8, 4) is 0 Å². The SMILES string of the molecule is Cc1ccc(Cl)cc1NC(=O)N[C@H]1C[C@H]2C(=O)N[C@H](C)C(=O)N2C1. The first-order valence-corrected chi connectivity index (χ1v) is 8.17. The fraction of sp³-hybridized carbons (Fsp3) is 0.438. The zero-order chi connectivity index (χ0) is 17.4. The molecule has 24 heavy (non-hydrogen) atoms. The number of nitrogens with zero attached hydrogens (tertiary/aromatic N) is 1. The number of halogens is 1. The lowest BCUT2D eigenvalue weighted by atomic mass is 10.1. The predicted molar refractivity (Wildman–Crippen MR) is 89.9 cm³/mol. The van der Waals surface area contributed by atoms with Crippen molar-refractivity contribution in [2.45, 2.75) is 38.4 Å². The number of urea groups is 1. The Labute approximate surface area is 144 Å². The molecule has 8 heteroatoms. The molecule has 2 saturated heterocycles. The van der Waals surface area contributed by atoms with Crippen molar-refractivity contribution in [1.82, 2.24) is 15.5 Å². The third-order valence-electron chi connectivity index (χ3n) is 4.40. The van der Waals surface area contributed by atoms with Crippen LogP contribution in [0.2, 0.25) is 5.02 Å². The molecule has 0 aromatic heterocycles. The maximum atomic E-state index is 12.2. The molecule has 3 N–H and O–H groups in total. The smallest absolute Gasteiger partial charge is 0.319 e. The van der Waals surface area contributed by atoms with E-state index in [1.54, 1.807) is 24.0 Å². The van der Waals surface area contributed by atoms with E-state index in [0.717, 1.165) is 5.56 Å². The molecule has 2 fully saturated rings. The summed E-state index contributed by atoms with van der Waals surface area (Å²) < 4.78 is 0. The van der Waals surface area contributed by atoms with E-state index in [1.807, 2.05) is 13.0 Å². The van der Waals surface area contributed by atoms with Crippen molar-refractivity contribution in [1.29, 1.82) is 0 Å². The van der Waals surface area contributed by atoms with Crippen LogP contribution in [0.25, 0.3) is 0 Å². The van der Waals surface area contributed by atoms with Gasteiger partial charge in [-0.3, -0.25) is 9.59 Å². The molecule has 2 heterocycles. The van der Waals surface area contributed by atoms with Crippen LogP contribution < -0.4 is 16.0 Å². The molecule has 1 aromatic rings. The van der Waals surface area contributed by atoms with E-state index < -0.39 is 12.1 Å². The van der Waals surface area contributed by atoms with Crippen molar-refractivity contribution in [2.75, 3.05) is 11.9 Å². The molecule has 0 saturated carbocycles. The molecule has 0 bridgehead atoms. The van der Waals surface area contributed by atoms with Crippen LogP contribution in [0.1, 0.15) is 18.9 Å². The van der Waals surface area contributed by atoms with Gasteiger partial charge < -0.3 is 20.9 Å². The third kappa shape index (κ3) is 3.17. The first-order chi connectivity index (χ1) is 11.3. The number of fused-ring (bicyclic) bond motifs is 1. The molecule has 3 rings (SSSR count). The van der Waals surface area contributed by atoms with Gasteiger partial charge >= 0.3 is 6.03 Å². The highest BCUT2D eigenvalue weighted by Gasteiger charge is 2.45. The van der Waals surface area contributed by atoms with Crippen LogP contribution in [0.4, 0.5) is 10.5 Å². The van der Waals surface area contributed by atoms with E-state index in [2.05, 4.69) is 16.0 Å². The minimum absolute atomic E-state index is 0.116. The van der Waals surface area contributed by atoms with Crippen LogP contribution in [-0.2, 0) is 9.59 Å². The number of benzene rings is 1. The largest absolute Gasteiger partial charge is 0.343 e. The van der Waals surface area contributed by atoms with Gasteiger partial charge in [-0.15, -0.1) is 0 Å². The average molecular weight is 351 g/mol. The Bertz CT molecular complexity index is 709. The molecule has 1 aromatic carbocycles. The second-order valence-corrected chi connectivity index (χ2v) is 6.66. The summed E-state index contributed by atoms with van der Waals surface area (Å²) in [6, 6.07) is 3.56. The van der Waals surface area contributed by atoms with Gasteiger partial charge in [0.15, 0.2) is 0 Å². The summed E-state index contributed by atoms with van der Waals surface area (Å²) in [7, 11) is 0. The van der Waals surface area contributed by atoms with Crippen molar-refractivity contribution >= 4 is 35.1 Å². The lowest BCUT2D eigenvalue weighted by Gasteiger charge is -2.32. The average Bonchev–Trinajstić information content (AvgIpc) is 2.93. The molecule has 0 radical (unpaired) electrons. The zero-order valence-corrected chi connectivity index (χ0v) is 14.2. The Morgan fingerprint density at radius 2 is 2.12 bits per heavy atom.